The molecule has 15 heteroatoms. The van der Waals surface area contributed by atoms with E-state index in [9.17, 15) is 29.4 Å². The largest absolute Gasteiger partial charge is 0.480 e. The summed E-state index contributed by atoms with van der Waals surface area (Å²) < 4.78 is 0. The van der Waals surface area contributed by atoms with E-state index in [1.54, 1.807) is 6.26 Å². The molecule has 14 nitrogen and oxygen atoms in total. The molecule has 0 heterocycles. The van der Waals surface area contributed by atoms with Crippen LogP contribution in [0.4, 0.5) is 0 Å². The molecule has 5 unspecified atom stereocenters. The molecule has 5 atom stereocenters. The number of unbranched alkanes of at least 4 members (excludes halogenated alkanes) is 1. The van der Waals surface area contributed by atoms with Crippen LogP contribution in [0.1, 0.15) is 45.4 Å². The number of carbonyl (C=O) groups is 4. The van der Waals surface area contributed by atoms with E-state index in [4.69, 9.17) is 22.9 Å². The third-order valence-corrected chi connectivity index (χ3v) is 5.82. The van der Waals surface area contributed by atoms with Gasteiger partial charge in [-0.2, -0.15) is 11.8 Å². The van der Waals surface area contributed by atoms with Gasteiger partial charge in [-0.25, -0.2) is 4.79 Å². The Morgan fingerprint density at radius 1 is 0.917 bits per heavy atom. The number of amides is 3. The Hall–Kier alpha value is -2.62. The number of rotatable bonds is 19. The number of nitrogens with one attached hydrogen (secondary N) is 3. The number of hydrogen-bond donors (Lipinski definition) is 9. The van der Waals surface area contributed by atoms with Gasteiger partial charge in [-0.3, -0.25) is 19.4 Å². The second kappa shape index (κ2) is 18.6. The Morgan fingerprint density at radius 2 is 1.56 bits per heavy atom. The van der Waals surface area contributed by atoms with Crippen molar-refractivity contribution in [3.8, 4) is 0 Å². The van der Waals surface area contributed by atoms with E-state index in [0.29, 0.717) is 38.0 Å². The minimum Gasteiger partial charge on any atom is -0.480 e. The zero-order valence-electron chi connectivity index (χ0n) is 20.9. The maximum atomic E-state index is 13.0. The van der Waals surface area contributed by atoms with Gasteiger partial charge in [-0.15, -0.1) is 0 Å². The lowest BCUT2D eigenvalue weighted by Crippen LogP contribution is -2.59. The smallest absolute Gasteiger partial charge is 0.326 e. The maximum absolute atomic E-state index is 13.0. The predicted octanol–water partition coefficient (Wildman–Crippen LogP) is -2.83. The molecule has 0 bridgehead atoms. The standard InChI is InChI=1S/C21H42N8O6S/c1-12(30)16(19(33)28-15(20(34)35)8-11-36-2)29-18(32)14(7-5-10-26-21(24)25)27-17(31)13(23)6-3-4-9-22/h12-16,30H,3-11,22-23H2,1-2H3,(H,27,31)(H,28,33)(H,29,32)(H,34,35)(H4,24,25,26). The number of carbonyl (C=O) groups excluding carboxylic acids is 3. The monoisotopic (exact) mass is 534 g/mol. The van der Waals surface area contributed by atoms with Crippen LogP contribution in [0.2, 0.25) is 0 Å². The van der Waals surface area contributed by atoms with Crippen LogP contribution in [0.25, 0.3) is 0 Å². The van der Waals surface area contributed by atoms with Crippen LogP contribution < -0.4 is 38.9 Å². The number of hydrogen-bond acceptors (Lipinski definition) is 9. The highest BCUT2D eigenvalue weighted by molar-refractivity contribution is 7.98. The van der Waals surface area contributed by atoms with E-state index < -0.39 is 54.0 Å². The summed E-state index contributed by atoms with van der Waals surface area (Å²) in [5.41, 5.74) is 22.0. The van der Waals surface area contributed by atoms with E-state index in [0.717, 1.165) is 0 Å². The lowest BCUT2D eigenvalue weighted by atomic mass is 10.1. The fourth-order valence-corrected chi connectivity index (χ4v) is 3.58. The summed E-state index contributed by atoms with van der Waals surface area (Å²) in [6.07, 6.45) is 2.75. The zero-order valence-corrected chi connectivity index (χ0v) is 21.8. The topological polar surface area (TPSA) is 261 Å². The highest BCUT2D eigenvalue weighted by atomic mass is 32.2. The Kier molecular flexibility index (Phi) is 17.3. The number of aliphatic hydroxyl groups is 1. The summed E-state index contributed by atoms with van der Waals surface area (Å²) >= 11 is 1.41. The molecule has 36 heavy (non-hydrogen) atoms. The van der Waals surface area contributed by atoms with Crippen molar-refractivity contribution in [1.82, 2.24) is 16.0 Å². The van der Waals surface area contributed by atoms with Gasteiger partial charge in [0, 0.05) is 6.54 Å². The first-order chi connectivity index (χ1) is 16.9. The molecule has 0 aromatic heterocycles. The van der Waals surface area contributed by atoms with Gasteiger partial charge in [0.2, 0.25) is 17.7 Å². The van der Waals surface area contributed by atoms with Crippen LogP contribution in [-0.4, -0.2) is 95.2 Å². The van der Waals surface area contributed by atoms with E-state index in [1.165, 1.54) is 18.7 Å². The number of aliphatic carboxylic acids is 1. The third-order valence-electron chi connectivity index (χ3n) is 5.17. The van der Waals surface area contributed by atoms with Gasteiger partial charge in [-0.05, 0) is 57.6 Å². The molecule has 0 radical (unpaired) electrons. The minimum atomic E-state index is -1.45. The maximum Gasteiger partial charge on any atom is 0.326 e. The first-order valence-electron chi connectivity index (χ1n) is 11.8. The number of carboxylic acid groups (broad SMARTS) is 1. The van der Waals surface area contributed by atoms with Crippen molar-refractivity contribution < 1.29 is 29.4 Å². The number of aliphatic hydroxyl groups excluding tert-OH is 1. The summed E-state index contributed by atoms with van der Waals surface area (Å²) in [7, 11) is 0. The summed E-state index contributed by atoms with van der Waals surface area (Å²) in [6.45, 7) is 1.94. The Morgan fingerprint density at radius 3 is 2.08 bits per heavy atom. The van der Waals surface area contributed by atoms with Gasteiger partial charge in [0.05, 0.1) is 12.1 Å². The van der Waals surface area contributed by atoms with Gasteiger partial charge in [0.25, 0.3) is 0 Å². The average Bonchev–Trinajstić information content (AvgIpc) is 2.80. The molecule has 208 valence electrons. The van der Waals surface area contributed by atoms with E-state index in [1.807, 2.05) is 0 Å². The Balaban J connectivity index is 5.44. The highest BCUT2D eigenvalue weighted by Gasteiger charge is 2.32. The average molecular weight is 535 g/mol. The van der Waals surface area contributed by atoms with Gasteiger partial charge in [0.15, 0.2) is 5.96 Å². The summed E-state index contributed by atoms with van der Waals surface area (Å²) in [6, 6.07) is -4.62. The summed E-state index contributed by atoms with van der Waals surface area (Å²) in [5, 5.41) is 26.8. The SMILES string of the molecule is CSCCC(NC(=O)C(NC(=O)C(CCCN=C(N)N)NC(=O)C(N)CCCCN)C(C)O)C(=O)O. The Bertz CT molecular complexity index is 735. The van der Waals surface area contributed by atoms with Crippen molar-refractivity contribution in [2.45, 2.75) is 75.7 Å². The first kappa shape index (κ1) is 33.4. The molecule has 0 aliphatic rings. The molecule has 0 fully saturated rings. The molecule has 0 aromatic carbocycles. The molecule has 0 saturated carbocycles. The Labute approximate surface area is 215 Å². The third kappa shape index (κ3) is 14.1. The second-order valence-electron chi connectivity index (χ2n) is 8.31. The number of aliphatic imine (C=N–C) groups is 1. The first-order valence-corrected chi connectivity index (χ1v) is 13.2. The number of carboxylic acids is 1. The molecular weight excluding hydrogens is 492 g/mol. The van der Waals surface area contributed by atoms with Crippen LogP contribution in [0.5, 0.6) is 0 Å². The fraction of sp³-hybridized carbons (Fsp3) is 0.762. The molecule has 13 N–H and O–H groups in total. The highest BCUT2D eigenvalue weighted by Crippen LogP contribution is 2.06. The van der Waals surface area contributed by atoms with Crippen LogP contribution in [0, 0.1) is 0 Å². The van der Waals surface area contributed by atoms with E-state index in [-0.39, 0.29) is 25.3 Å². The van der Waals surface area contributed by atoms with Crippen molar-refractivity contribution in [3.63, 3.8) is 0 Å². The van der Waals surface area contributed by atoms with Crippen molar-refractivity contribution in [1.29, 1.82) is 0 Å². The zero-order chi connectivity index (χ0) is 27.7. The number of guanidine groups is 1. The number of thioether (sulfide) groups is 1. The molecular formula is C21H42N8O6S. The van der Waals surface area contributed by atoms with Gasteiger partial charge >= 0.3 is 5.97 Å². The minimum absolute atomic E-state index is 0.115. The van der Waals surface area contributed by atoms with Gasteiger partial charge in [0.1, 0.15) is 18.1 Å². The van der Waals surface area contributed by atoms with Gasteiger partial charge in [-0.1, -0.05) is 6.42 Å². The second-order valence-corrected chi connectivity index (χ2v) is 9.29. The van der Waals surface area contributed by atoms with Crippen LogP contribution in [0.15, 0.2) is 4.99 Å². The number of nitrogens with zero attached hydrogens (tertiary/aromatic N) is 1. The van der Waals surface area contributed by atoms with E-state index >= 15 is 0 Å². The quantitative estimate of drug-likeness (QED) is 0.0463. The van der Waals surface area contributed by atoms with Crippen molar-refractivity contribution in [2.24, 2.45) is 27.9 Å². The lowest BCUT2D eigenvalue weighted by molar-refractivity contribution is -0.143. The lowest BCUT2D eigenvalue weighted by Gasteiger charge is -2.26. The molecule has 0 spiro atoms. The van der Waals surface area contributed by atoms with Crippen LogP contribution in [-0.2, 0) is 19.2 Å². The van der Waals surface area contributed by atoms with Crippen molar-refractivity contribution in [2.75, 3.05) is 25.1 Å². The van der Waals surface area contributed by atoms with Crippen molar-refractivity contribution in [3.05, 3.63) is 0 Å². The molecule has 0 saturated heterocycles. The van der Waals surface area contributed by atoms with Crippen molar-refractivity contribution >= 4 is 41.4 Å². The number of nitrogens with two attached hydrogens (primary N) is 4. The van der Waals surface area contributed by atoms with Crippen LogP contribution in [0.3, 0.4) is 0 Å². The van der Waals surface area contributed by atoms with Gasteiger partial charge < -0.3 is 49.1 Å². The predicted molar refractivity (Wildman–Crippen MR) is 139 cm³/mol. The molecule has 0 aromatic rings. The molecule has 0 aliphatic heterocycles. The molecule has 0 aliphatic carbocycles. The molecule has 0 rings (SSSR count). The normalized spacial score (nSPS) is 15.0. The van der Waals surface area contributed by atoms with Crippen LogP contribution >= 0.6 is 11.8 Å². The summed E-state index contributed by atoms with van der Waals surface area (Å²) in [5.74, 6) is -3.05. The van der Waals surface area contributed by atoms with E-state index in [2.05, 4.69) is 20.9 Å². The summed E-state index contributed by atoms with van der Waals surface area (Å²) in [4.78, 5) is 53.6. The molecule has 3 amide bonds. The fourth-order valence-electron chi connectivity index (χ4n) is 3.10.